The summed E-state index contributed by atoms with van der Waals surface area (Å²) in [6, 6.07) is 11.5. The lowest BCUT2D eigenvalue weighted by Gasteiger charge is -2.23. The molecule has 2 aromatic carbocycles. The number of amides is 2. The second-order valence-corrected chi connectivity index (χ2v) is 8.43. The molecule has 0 saturated carbocycles. The lowest BCUT2D eigenvalue weighted by Crippen LogP contribution is -2.39. The molecule has 184 valence electrons. The van der Waals surface area contributed by atoms with Crippen molar-refractivity contribution in [3.05, 3.63) is 53.6 Å². The Hall–Kier alpha value is -3.66. The molecule has 1 fully saturated rings. The number of thiocarbonyl (C=S) groups is 1. The summed E-state index contributed by atoms with van der Waals surface area (Å²) in [4.78, 5) is 41.0. The van der Waals surface area contributed by atoms with Crippen molar-refractivity contribution in [1.82, 2.24) is 9.80 Å². The molecule has 0 bridgehead atoms. The Labute approximate surface area is 208 Å². The first kappa shape index (κ1) is 24.5. The van der Waals surface area contributed by atoms with Crippen LogP contribution in [0, 0.1) is 0 Å². The highest BCUT2D eigenvalue weighted by molar-refractivity contribution is 7.80. The third-order valence-corrected chi connectivity index (χ3v) is 6.31. The van der Waals surface area contributed by atoms with E-state index >= 15 is 0 Å². The van der Waals surface area contributed by atoms with E-state index in [1.165, 1.54) is 4.90 Å². The summed E-state index contributed by atoms with van der Waals surface area (Å²) < 4.78 is 15.8. The number of esters is 1. The van der Waals surface area contributed by atoms with Crippen LogP contribution in [0.2, 0.25) is 0 Å². The van der Waals surface area contributed by atoms with Crippen molar-refractivity contribution < 1.29 is 28.6 Å². The Kier molecular flexibility index (Phi) is 7.50. The maximum Gasteiger partial charge on any atom is 0.338 e. The Balaban J connectivity index is 1.41. The second kappa shape index (κ2) is 10.7. The van der Waals surface area contributed by atoms with Crippen molar-refractivity contribution in [3.63, 3.8) is 0 Å². The number of carbonyl (C=O) groups excluding carboxylic acids is 3. The van der Waals surface area contributed by atoms with Gasteiger partial charge in [0.05, 0.1) is 18.6 Å². The van der Waals surface area contributed by atoms with Crippen molar-refractivity contribution in [1.29, 1.82) is 0 Å². The molecular formula is C25H27N3O6S. The van der Waals surface area contributed by atoms with E-state index < -0.39 is 12.0 Å². The lowest BCUT2D eigenvalue weighted by molar-refractivity contribution is -0.130. The van der Waals surface area contributed by atoms with Crippen molar-refractivity contribution >= 4 is 40.8 Å². The zero-order valence-electron chi connectivity index (χ0n) is 19.6. The molecule has 2 heterocycles. The Morgan fingerprint density at radius 1 is 1.11 bits per heavy atom. The lowest BCUT2D eigenvalue weighted by atomic mass is 10.1. The van der Waals surface area contributed by atoms with E-state index in [1.54, 1.807) is 31.2 Å². The molecule has 0 spiro atoms. The third kappa shape index (κ3) is 5.37. The van der Waals surface area contributed by atoms with Crippen LogP contribution in [0.25, 0.3) is 0 Å². The van der Waals surface area contributed by atoms with Crippen LogP contribution in [0.1, 0.15) is 36.2 Å². The van der Waals surface area contributed by atoms with Gasteiger partial charge in [0.2, 0.25) is 12.7 Å². The molecule has 1 saturated heterocycles. The number of fused-ring (bicyclic) bond motifs is 1. The molecule has 2 amide bonds. The predicted octanol–water partition coefficient (Wildman–Crippen LogP) is 2.98. The number of nitrogens with zero attached hydrogens (tertiary/aromatic N) is 2. The Morgan fingerprint density at radius 3 is 2.57 bits per heavy atom. The van der Waals surface area contributed by atoms with E-state index in [1.807, 2.05) is 30.0 Å². The normalized spacial score (nSPS) is 16.6. The Bertz CT molecular complexity index is 1140. The van der Waals surface area contributed by atoms with Gasteiger partial charge < -0.3 is 24.4 Å². The van der Waals surface area contributed by atoms with Crippen LogP contribution in [0.4, 0.5) is 5.69 Å². The summed E-state index contributed by atoms with van der Waals surface area (Å²) in [6.07, 6.45) is 0.575. The second-order valence-electron chi connectivity index (χ2n) is 8.06. The highest BCUT2D eigenvalue weighted by Crippen LogP contribution is 2.33. The van der Waals surface area contributed by atoms with Gasteiger partial charge in [-0.2, -0.15) is 0 Å². The fraction of sp³-hybridized carbons (Fsp3) is 0.360. The minimum Gasteiger partial charge on any atom is -0.462 e. The SMILES string of the molecule is CCOC(=O)c1ccc(NC(=O)CC2C(=O)N(CC)C(=S)N2CCc2ccc3c(c2)OCO3)cc1. The van der Waals surface area contributed by atoms with E-state index in [4.69, 9.17) is 26.4 Å². The number of carbonyl (C=O) groups is 3. The van der Waals surface area contributed by atoms with Crippen molar-refractivity contribution in [2.45, 2.75) is 32.7 Å². The van der Waals surface area contributed by atoms with Crippen LogP contribution in [0.5, 0.6) is 11.5 Å². The minimum absolute atomic E-state index is 0.0454. The van der Waals surface area contributed by atoms with Gasteiger partial charge in [-0.05, 0) is 74.4 Å². The number of likely N-dealkylation sites (N-methyl/N-ethyl adjacent to an activating group) is 1. The average Bonchev–Trinajstić information content (AvgIpc) is 3.40. The number of rotatable bonds is 9. The van der Waals surface area contributed by atoms with Gasteiger partial charge >= 0.3 is 5.97 Å². The van der Waals surface area contributed by atoms with Crippen LogP contribution in [-0.4, -0.2) is 65.2 Å². The number of hydrogen-bond acceptors (Lipinski definition) is 7. The van der Waals surface area contributed by atoms with Crippen molar-refractivity contribution in [2.24, 2.45) is 0 Å². The van der Waals surface area contributed by atoms with Gasteiger partial charge in [0, 0.05) is 18.8 Å². The van der Waals surface area contributed by atoms with Gasteiger partial charge in [-0.15, -0.1) is 0 Å². The molecule has 1 unspecified atom stereocenters. The first-order chi connectivity index (χ1) is 16.9. The smallest absolute Gasteiger partial charge is 0.338 e. The van der Waals surface area contributed by atoms with E-state index in [0.29, 0.717) is 47.4 Å². The van der Waals surface area contributed by atoms with E-state index in [0.717, 1.165) is 5.56 Å². The monoisotopic (exact) mass is 497 g/mol. The first-order valence-electron chi connectivity index (χ1n) is 11.5. The maximum atomic E-state index is 13.0. The average molecular weight is 498 g/mol. The number of nitrogens with one attached hydrogen (secondary N) is 1. The number of ether oxygens (including phenoxy) is 3. The molecule has 10 heteroatoms. The largest absolute Gasteiger partial charge is 0.462 e. The summed E-state index contributed by atoms with van der Waals surface area (Å²) >= 11 is 5.56. The summed E-state index contributed by atoms with van der Waals surface area (Å²) in [5.74, 6) is 0.482. The molecule has 1 N–H and O–H groups in total. The van der Waals surface area contributed by atoms with E-state index in [2.05, 4.69) is 5.32 Å². The molecule has 9 nitrogen and oxygen atoms in total. The van der Waals surface area contributed by atoms with E-state index in [-0.39, 0.29) is 31.6 Å². The van der Waals surface area contributed by atoms with Crippen molar-refractivity contribution in [2.75, 3.05) is 31.8 Å². The fourth-order valence-corrected chi connectivity index (χ4v) is 4.51. The fourth-order valence-electron chi connectivity index (χ4n) is 4.07. The summed E-state index contributed by atoms with van der Waals surface area (Å²) in [5.41, 5.74) is 1.94. The standard InChI is InChI=1S/C25H27N3O6S/c1-3-27-23(30)19(14-22(29)26-18-8-6-17(7-9-18)24(31)32-4-2)28(25(27)35)12-11-16-5-10-20-21(13-16)34-15-33-20/h5-10,13,19H,3-4,11-12,14-15H2,1-2H3,(H,26,29). The highest BCUT2D eigenvalue weighted by atomic mass is 32.1. The molecule has 1 atom stereocenters. The quantitative estimate of drug-likeness (QED) is 0.417. The maximum absolute atomic E-state index is 13.0. The molecular weight excluding hydrogens is 470 g/mol. The molecule has 0 aliphatic carbocycles. The zero-order chi connectivity index (χ0) is 24.9. The molecule has 2 aliphatic heterocycles. The zero-order valence-corrected chi connectivity index (χ0v) is 20.4. The molecule has 2 aliphatic rings. The van der Waals surface area contributed by atoms with Gasteiger partial charge in [0.15, 0.2) is 16.6 Å². The van der Waals surface area contributed by atoms with E-state index in [9.17, 15) is 14.4 Å². The number of hydrogen-bond donors (Lipinski definition) is 1. The summed E-state index contributed by atoms with van der Waals surface area (Å²) in [6.45, 7) is 5.00. The third-order valence-electron chi connectivity index (χ3n) is 5.86. The number of anilines is 1. The van der Waals surface area contributed by atoms with Crippen LogP contribution >= 0.6 is 12.2 Å². The first-order valence-corrected chi connectivity index (χ1v) is 11.9. The van der Waals surface area contributed by atoms with Gasteiger partial charge in [-0.1, -0.05) is 6.07 Å². The van der Waals surface area contributed by atoms with Gasteiger partial charge in [0.25, 0.3) is 5.91 Å². The molecule has 2 aromatic rings. The molecule has 4 rings (SSSR count). The van der Waals surface area contributed by atoms with Crippen LogP contribution < -0.4 is 14.8 Å². The summed E-state index contributed by atoms with van der Waals surface area (Å²) in [5, 5.41) is 3.22. The van der Waals surface area contributed by atoms with Gasteiger partial charge in [-0.25, -0.2) is 4.79 Å². The summed E-state index contributed by atoms with van der Waals surface area (Å²) in [7, 11) is 0. The van der Waals surface area contributed by atoms with Crippen LogP contribution in [-0.2, 0) is 20.7 Å². The van der Waals surface area contributed by atoms with Crippen LogP contribution in [0.3, 0.4) is 0 Å². The van der Waals surface area contributed by atoms with Crippen LogP contribution in [0.15, 0.2) is 42.5 Å². The van der Waals surface area contributed by atoms with Gasteiger partial charge in [0.1, 0.15) is 6.04 Å². The molecule has 0 radical (unpaired) electrons. The van der Waals surface area contributed by atoms with Gasteiger partial charge in [-0.3, -0.25) is 14.5 Å². The topological polar surface area (TPSA) is 97.4 Å². The molecule has 0 aromatic heterocycles. The number of benzene rings is 2. The Morgan fingerprint density at radius 2 is 1.86 bits per heavy atom. The molecule has 35 heavy (non-hydrogen) atoms. The van der Waals surface area contributed by atoms with Crippen molar-refractivity contribution in [3.8, 4) is 11.5 Å². The minimum atomic E-state index is -0.685. The predicted molar refractivity (Wildman–Crippen MR) is 132 cm³/mol. The highest BCUT2D eigenvalue weighted by Gasteiger charge is 2.42.